The van der Waals surface area contributed by atoms with Gasteiger partial charge in [-0.15, -0.1) is 10.2 Å². The van der Waals surface area contributed by atoms with Crippen LogP contribution in [0.15, 0.2) is 30.5 Å². The molecule has 0 unspecified atom stereocenters. The summed E-state index contributed by atoms with van der Waals surface area (Å²) >= 11 is 1.57. The van der Waals surface area contributed by atoms with Crippen LogP contribution >= 0.6 is 11.3 Å². The number of hydrogen-bond donors (Lipinski definition) is 1. The van der Waals surface area contributed by atoms with Crippen LogP contribution in [0, 0.1) is 6.92 Å². The van der Waals surface area contributed by atoms with Gasteiger partial charge >= 0.3 is 0 Å². The minimum atomic E-state index is 0.0136. The first kappa shape index (κ1) is 17.1. The van der Waals surface area contributed by atoms with E-state index in [1.807, 2.05) is 25.1 Å². The third-order valence-electron chi connectivity index (χ3n) is 4.62. The molecule has 3 heterocycles. The predicted octanol–water partition coefficient (Wildman–Crippen LogP) is 3.49. The van der Waals surface area contributed by atoms with Gasteiger partial charge in [-0.1, -0.05) is 23.5 Å². The minimum absolute atomic E-state index is 0.0136. The van der Waals surface area contributed by atoms with Gasteiger partial charge in [0.2, 0.25) is 5.91 Å². The Morgan fingerprint density at radius 3 is 2.81 bits per heavy atom. The SMILES string of the molecule is Cc1nnc(-c2ccc3cnc(NC(=O)CCN4CCCC4)cc3c2)s1. The quantitative estimate of drug-likeness (QED) is 0.747. The maximum atomic E-state index is 12.2. The Morgan fingerprint density at radius 1 is 1.19 bits per heavy atom. The van der Waals surface area contributed by atoms with Gasteiger partial charge in [0.25, 0.3) is 0 Å². The number of likely N-dealkylation sites (tertiary alicyclic amines) is 1. The van der Waals surface area contributed by atoms with Crippen molar-refractivity contribution in [1.82, 2.24) is 20.1 Å². The molecule has 4 rings (SSSR count). The first-order chi connectivity index (χ1) is 12.7. The number of nitrogens with zero attached hydrogens (tertiary/aromatic N) is 4. The number of carbonyl (C=O) groups excluding carboxylic acids is 1. The number of benzene rings is 1. The van der Waals surface area contributed by atoms with Crippen molar-refractivity contribution in [2.75, 3.05) is 25.0 Å². The maximum Gasteiger partial charge on any atom is 0.226 e. The molecule has 1 saturated heterocycles. The van der Waals surface area contributed by atoms with E-state index in [4.69, 9.17) is 0 Å². The van der Waals surface area contributed by atoms with Crippen LogP contribution in [-0.2, 0) is 4.79 Å². The van der Waals surface area contributed by atoms with Crippen molar-refractivity contribution in [2.24, 2.45) is 0 Å². The van der Waals surface area contributed by atoms with Crippen LogP contribution in [-0.4, -0.2) is 45.6 Å². The van der Waals surface area contributed by atoms with Crippen molar-refractivity contribution < 1.29 is 4.79 Å². The molecule has 134 valence electrons. The minimum Gasteiger partial charge on any atom is -0.311 e. The van der Waals surface area contributed by atoms with Gasteiger partial charge in [-0.05, 0) is 50.4 Å². The lowest BCUT2D eigenvalue weighted by Gasteiger charge is -2.13. The summed E-state index contributed by atoms with van der Waals surface area (Å²) in [6.45, 7) is 4.98. The third kappa shape index (κ3) is 3.89. The fraction of sp³-hybridized carbons (Fsp3) is 0.368. The van der Waals surface area contributed by atoms with Gasteiger partial charge in [0.1, 0.15) is 15.8 Å². The summed E-state index contributed by atoms with van der Waals surface area (Å²) in [5.74, 6) is 0.606. The van der Waals surface area contributed by atoms with E-state index in [1.54, 1.807) is 17.5 Å². The molecule has 0 atom stereocenters. The summed E-state index contributed by atoms with van der Waals surface area (Å²) < 4.78 is 0. The number of anilines is 1. The first-order valence-electron chi connectivity index (χ1n) is 8.90. The van der Waals surface area contributed by atoms with Crippen LogP contribution < -0.4 is 5.32 Å². The summed E-state index contributed by atoms with van der Waals surface area (Å²) in [4.78, 5) is 18.9. The molecule has 1 fully saturated rings. The molecular formula is C19H21N5OS. The molecule has 6 nitrogen and oxygen atoms in total. The fourth-order valence-electron chi connectivity index (χ4n) is 3.23. The van der Waals surface area contributed by atoms with Crippen molar-refractivity contribution in [3.63, 3.8) is 0 Å². The number of carbonyl (C=O) groups is 1. The van der Waals surface area contributed by atoms with E-state index >= 15 is 0 Å². The number of aryl methyl sites for hydroxylation is 1. The molecule has 26 heavy (non-hydrogen) atoms. The van der Waals surface area contributed by atoms with Crippen molar-refractivity contribution in [1.29, 1.82) is 0 Å². The Kier molecular flexibility index (Phi) is 4.90. The number of nitrogens with one attached hydrogen (secondary N) is 1. The lowest BCUT2D eigenvalue weighted by Crippen LogP contribution is -2.25. The largest absolute Gasteiger partial charge is 0.311 e. The highest BCUT2D eigenvalue weighted by atomic mass is 32.1. The third-order valence-corrected chi connectivity index (χ3v) is 5.50. The topological polar surface area (TPSA) is 71.0 Å². The summed E-state index contributed by atoms with van der Waals surface area (Å²) in [6, 6.07) is 8.03. The number of fused-ring (bicyclic) bond motifs is 1. The highest BCUT2D eigenvalue weighted by Crippen LogP contribution is 2.27. The average Bonchev–Trinajstić information content (AvgIpc) is 3.31. The Bertz CT molecular complexity index is 933. The van der Waals surface area contributed by atoms with Gasteiger partial charge in [0, 0.05) is 30.1 Å². The molecule has 1 aliphatic rings. The van der Waals surface area contributed by atoms with E-state index in [9.17, 15) is 4.79 Å². The molecule has 1 aromatic carbocycles. The highest BCUT2D eigenvalue weighted by molar-refractivity contribution is 7.14. The molecule has 1 amide bonds. The molecule has 0 radical (unpaired) electrons. The molecule has 0 bridgehead atoms. The second-order valence-electron chi connectivity index (χ2n) is 6.60. The second-order valence-corrected chi connectivity index (χ2v) is 7.79. The zero-order valence-electron chi connectivity index (χ0n) is 14.7. The summed E-state index contributed by atoms with van der Waals surface area (Å²) in [6.07, 6.45) is 4.78. The normalized spacial score (nSPS) is 14.8. The Labute approximate surface area is 156 Å². The molecule has 2 aromatic heterocycles. The molecule has 0 spiro atoms. The number of rotatable bonds is 5. The molecule has 0 saturated carbocycles. The van der Waals surface area contributed by atoms with Crippen LogP contribution in [0.4, 0.5) is 5.82 Å². The zero-order valence-corrected chi connectivity index (χ0v) is 15.6. The van der Waals surface area contributed by atoms with Crippen molar-refractivity contribution in [3.05, 3.63) is 35.5 Å². The van der Waals surface area contributed by atoms with Crippen LogP contribution in [0.2, 0.25) is 0 Å². The summed E-state index contributed by atoms with van der Waals surface area (Å²) in [5, 5.41) is 15.1. The van der Waals surface area contributed by atoms with Crippen LogP contribution in [0.25, 0.3) is 21.3 Å². The zero-order chi connectivity index (χ0) is 17.9. The molecule has 7 heteroatoms. The monoisotopic (exact) mass is 367 g/mol. The van der Waals surface area contributed by atoms with Gasteiger partial charge in [-0.3, -0.25) is 4.79 Å². The van der Waals surface area contributed by atoms with E-state index in [0.29, 0.717) is 12.2 Å². The fourth-order valence-corrected chi connectivity index (χ4v) is 3.91. The molecule has 1 N–H and O–H groups in total. The van der Waals surface area contributed by atoms with Gasteiger partial charge in [0.15, 0.2) is 0 Å². The van der Waals surface area contributed by atoms with Gasteiger partial charge in [-0.2, -0.15) is 0 Å². The van der Waals surface area contributed by atoms with E-state index < -0.39 is 0 Å². The van der Waals surface area contributed by atoms with Crippen molar-refractivity contribution >= 4 is 33.8 Å². The van der Waals surface area contributed by atoms with Crippen LogP contribution in [0.1, 0.15) is 24.3 Å². The molecule has 3 aromatic rings. The van der Waals surface area contributed by atoms with Crippen LogP contribution in [0.5, 0.6) is 0 Å². The van der Waals surface area contributed by atoms with Gasteiger partial charge in [0.05, 0.1) is 0 Å². The number of pyridine rings is 1. The molecule has 0 aliphatic carbocycles. The standard InChI is InChI=1S/C19H21N5OS/c1-13-22-23-19(26-13)14-4-5-15-12-20-17(11-16(15)10-14)21-18(25)6-9-24-7-2-3-8-24/h4-5,10-12H,2-3,6-9H2,1H3,(H,20,21,25). The lowest BCUT2D eigenvalue weighted by molar-refractivity contribution is -0.116. The van der Waals surface area contributed by atoms with E-state index in [2.05, 4.69) is 31.5 Å². The van der Waals surface area contributed by atoms with Crippen LogP contribution in [0.3, 0.4) is 0 Å². The van der Waals surface area contributed by atoms with Crippen molar-refractivity contribution in [3.8, 4) is 10.6 Å². The van der Waals surface area contributed by atoms with E-state index in [1.165, 1.54) is 12.8 Å². The number of amides is 1. The Hall–Kier alpha value is -2.38. The number of aromatic nitrogens is 3. The second kappa shape index (κ2) is 7.47. The maximum absolute atomic E-state index is 12.2. The van der Waals surface area contributed by atoms with Gasteiger partial charge < -0.3 is 10.2 Å². The molecule has 1 aliphatic heterocycles. The van der Waals surface area contributed by atoms with Gasteiger partial charge in [-0.25, -0.2) is 4.98 Å². The smallest absolute Gasteiger partial charge is 0.226 e. The number of hydrogen-bond acceptors (Lipinski definition) is 6. The predicted molar refractivity (Wildman–Crippen MR) is 104 cm³/mol. The average molecular weight is 367 g/mol. The van der Waals surface area contributed by atoms with E-state index in [-0.39, 0.29) is 5.91 Å². The summed E-state index contributed by atoms with van der Waals surface area (Å²) in [5.41, 5.74) is 1.03. The lowest BCUT2D eigenvalue weighted by atomic mass is 10.1. The summed E-state index contributed by atoms with van der Waals surface area (Å²) in [7, 11) is 0. The Morgan fingerprint density at radius 2 is 2.04 bits per heavy atom. The Balaban J connectivity index is 1.47. The highest BCUT2D eigenvalue weighted by Gasteiger charge is 2.13. The first-order valence-corrected chi connectivity index (χ1v) is 9.71. The van der Waals surface area contributed by atoms with E-state index in [0.717, 1.165) is 46.0 Å². The van der Waals surface area contributed by atoms with Crippen molar-refractivity contribution in [2.45, 2.75) is 26.2 Å². The molecular weight excluding hydrogens is 346 g/mol.